The summed E-state index contributed by atoms with van der Waals surface area (Å²) in [5.41, 5.74) is 3.63. The van der Waals surface area contributed by atoms with Gasteiger partial charge in [-0.2, -0.15) is 13.2 Å². The second-order valence-electron chi connectivity index (χ2n) is 5.69. The molecule has 3 N–H and O–H groups in total. The van der Waals surface area contributed by atoms with Crippen LogP contribution in [0.25, 0.3) is 0 Å². The lowest BCUT2D eigenvalue weighted by atomic mass is 9.88. The first-order valence-electron chi connectivity index (χ1n) is 6.99. The molecular formula is C15H19F3N2O. The summed E-state index contributed by atoms with van der Waals surface area (Å²) >= 11 is 0. The molecule has 2 rings (SSSR count). The minimum atomic E-state index is -4.44. The standard InChI is InChI=1S/C15H19F3N2O/c1-14(13(19)21,20-12-7-2-3-8-12)10-5-4-6-11(9-10)15(16,17)18/h4-6,9,12,20H,2-3,7-8H2,1H3,(H2,19,21). The number of rotatable bonds is 4. The molecular weight excluding hydrogens is 281 g/mol. The molecule has 0 saturated heterocycles. The molecule has 1 aliphatic rings. The number of carbonyl (C=O) groups excluding carboxylic acids is 1. The van der Waals surface area contributed by atoms with E-state index in [-0.39, 0.29) is 11.6 Å². The van der Waals surface area contributed by atoms with Gasteiger partial charge in [-0.3, -0.25) is 10.1 Å². The van der Waals surface area contributed by atoms with Crippen LogP contribution >= 0.6 is 0 Å². The molecule has 6 heteroatoms. The molecule has 1 saturated carbocycles. The molecule has 3 nitrogen and oxygen atoms in total. The van der Waals surface area contributed by atoms with Crippen molar-refractivity contribution in [2.75, 3.05) is 0 Å². The smallest absolute Gasteiger partial charge is 0.368 e. The predicted molar refractivity (Wildman–Crippen MR) is 73.4 cm³/mol. The number of benzene rings is 1. The Morgan fingerprint density at radius 1 is 1.24 bits per heavy atom. The Labute approximate surface area is 121 Å². The van der Waals surface area contributed by atoms with Gasteiger partial charge in [-0.05, 0) is 37.5 Å². The number of nitrogens with one attached hydrogen (secondary N) is 1. The summed E-state index contributed by atoms with van der Waals surface area (Å²) in [6.07, 6.45) is -0.532. The number of nitrogens with two attached hydrogens (primary N) is 1. The first-order valence-corrected chi connectivity index (χ1v) is 6.99. The van der Waals surface area contributed by atoms with Crippen LogP contribution in [0.1, 0.15) is 43.7 Å². The van der Waals surface area contributed by atoms with Crippen molar-refractivity contribution in [3.05, 3.63) is 35.4 Å². The van der Waals surface area contributed by atoms with E-state index in [0.717, 1.165) is 37.8 Å². The van der Waals surface area contributed by atoms with E-state index >= 15 is 0 Å². The Morgan fingerprint density at radius 3 is 2.33 bits per heavy atom. The quantitative estimate of drug-likeness (QED) is 0.898. The molecule has 0 spiro atoms. The van der Waals surface area contributed by atoms with Gasteiger partial charge in [-0.15, -0.1) is 0 Å². The third-order valence-electron chi connectivity index (χ3n) is 4.11. The van der Waals surface area contributed by atoms with E-state index in [2.05, 4.69) is 5.32 Å². The molecule has 1 aromatic carbocycles. The summed E-state index contributed by atoms with van der Waals surface area (Å²) in [6, 6.07) is 4.89. The van der Waals surface area contributed by atoms with Crippen LogP contribution in [0.5, 0.6) is 0 Å². The van der Waals surface area contributed by atoms with Crippen LogP contribution in [-0.2, 0) is 16.5 Å². The van der Waals surface area contributed by atoms with Gasteiger partial charge in [0.1, 0.15) is 5.54 Å². The maximum Gasteiger partial charge on any atom is 0.416 e. The zero-order valence-corrected chi connectivity index (χ0v) is 11.8. The molecule has 1 aliphatic carbocycles. The number of halogens is 3. The number of alkyl halides is 3. The Kier molecular flexibility index (Phi) is 4.27. The largest absolute Gasteiger partial charge is 0.416 e. The molecule has 21 heavy (non-hydrogen) atoms. The molecule has 0 radical (unpaired) electrons. The van der Waals surface area contributed by atoms with Gasteiger partial charge < -0.3 is 5.73 Å². The summed E-state index contributed by atoms with van der Waals surface area (Å²) in [5, 5.41) is 3.14. The van der Waals surface area contributed by atoms with Gasteiger partial charge in [0.15, 0.2) is 0 Å². The van der Waals surface area contributed by atoms with Crippen molar-refractivity contribution in [1.82, 2.24) is 5.32 Å². The number of hydrogen-bond donors (Lipinski definition) is 2. The minimum absolute atomic E-state index is 0.108. The Hall–Kier alpha value is -1.56. The summed E-state index contributed by atoms with van der Waals surface area (Å²) in [7, 11) is 0. The van der Waals surface area contributed by atoms with Gasteiger partial charge in [-0.25, -0.2) is 0 Å². The maximum absolute atomic E-state index is 12.8. The zero-order chi connectivity index (χ0) is 15.7. The number of carbonyl (C=O) groups is 1. The van der Waals surface area contributed by atoms with E-state index in [9.17, 15) is 18.0 Å². The van der Waals surface area contributed by atoms with Crippen molar-refractivity contribution in [2.24, 2.45) is 5.73 Å². The minimum Gasteiger partial charge on any atom is -0.368 e. The highest BCUT2D eigenvalue weighted by Gasteiger charge is 2.38. The normalized spacial score (nSPS) is 19.4. The third-order valence-corrected chi connectivity index (χ3v) is 4.11. The molecule has 1 atom stereocenters. The van der Waals surface area contributed by atoms with Crippen LogP contribution in [0.2, 0.25) is 0 Å². The third kappa shape index (κ3) is 3.37. The summed E-state index contributed by atoms with van der Waals surface area (Å²) in [6.45, 7) is 1.54. The van der Waals surface area contributed by atoms with Crippen LogP contribution in [0.15, 0.2) is 24.3 Å². The van der Waals surface area contributed by atoms with E-state index in [4.69, 9.17) is 5.73 Å². The van der Waals surface area contributed by atoms with Crippen molar-refractivity contribution in [3.63, 3.8) is 0 Å². The summed E-state index contributed by atoms with van der Waals surface area (Å²) < 4.78 is 38.5. The fourth-order valence-electron chi connectivity index (χ4n) is 2.78. The second-order valence-corrected chi connectivity index (χ2v) is 5.69. The lowest BCUT2D eigenvalue weighted by Crippen LogP contribution is -2.53. The van der Waals surface area contributed by atoms with Crippen molar-refractivity contribution in [1.29, 1.82) is 0 Å². The van der Waals surface area contributed by atoms with Gasteiger partial charge in [0.25, 0.3) is 0 Å². The number of amides is 1. The topological polar surface area (TPSA) is 55.1 Å². The highest BCUT2D eigenvalue weighted by Crippen LogP contribution is 2.33. The molecule has 0 aliphatic heterocycles. The Bertz CT molecular complexity index is 524. The average molecular weight is 300 g/mol. The molecule has 1 aromatic rings. The molecule has 1 fully saturated rings. The predicted octanol–water partition coefficient (Wildman–Crippen LogP) is 2.94. The van der Waals surface area contributed by atoms with E-state index in [0.29, 0.717) is 0 Å². The first kappa shape index (κ1) is 15.8. The Balaban J connectivity index is 2.35. The molecule has 0 heterocycles. The number of hydrogen-bond acceptors (Lipinski definition) is 2. The van der Waals surface area contributed by atoms with Crippen LogP contribution in [-0.4, -0.2) is 11.9 Å². The van der Waals surface area contributed by atoms with Crippen molar-refractivity contribution in [2.45, 2.75) is 50.4 Å². The summed E-state index contributed by atoms with van der Waals surface area (Å²) in [5.74, 6) is -0.672. The van der Waals surface area contributed by atoms with E-state index < -0.39 is 23.2 Å². The van der Waals surface area contributed by atoms with E-state index in [1.165, 1.54) is 12.1 Å². The van der Waals surface area contributed by atoms with Crippen molar-refractivity contribution >= 4 is 5.91 Å². The van der Waals surface area contributed by atoms with E-state index in [1.54, 1.807) is 6.92 Å². The van der Waals surface area contributed by atoms with Gasteiger partial charge in [0, 0.05) is 6.04 Å². The van der Waals surface area contributed by atoms with Crippen LogP contribution in [0.4, 0.5) is 13.2 Å². The van der Waals surface area contributed by atoms with Crippen LogP contribution in [0, 0.1) is 0 Å². The fraction of sp³-hybridized carbons (Fsp3) is 0.533. The van der Waals surface area contributed by atoms with Gasteiger partial charge in [0.05, 0.1) is 5.56 Å². The molecule has 0 bridgehead atoms. The van der Waals surface area contributed by atoms with Crippen molar-refractivity contribution in [3.8, 4) is 0 Å². The fourth-order valence-corrected chi connectivity index (χ4v) is 2.78. The Morgan fingerprint density at radius 2 is 1.81 bits per heavy atom. The molecule has 0 aromatic heterocycles. The SMILES string of the molecule is CC(NC1CCCC1)(C(N)=O)c1cccc(C(F)(F)F)c1. The van der Waals surface area contributed by atoms with Crippen LogP contribution < -0.4 is 11.1 Å². The number of primary amides is 1. The average Bonchev–Trinajstić information content (AvgIpc) is 2.90. The van der Waals surface area contributed by atoms with Crippen LogP contribution in [0.3, 0.4) is 0 Å². The zero-order valence-electron chi connectivity index (χ0n) is 11.8. The highest BCUT2D eigenvalue weighted by atomic mass is 19.4. The summed E-state index contributed by atoms with van der Waals surface area (Å²) in [4.78, 5) is 11.8. The lowest BCUT2D eigenvalue weighted by Gasteiger charge is -2.32. The monoisotopic (exact) mass is 300 g/mol. The van der Waals surface area contributed by atoms with E-state index in [1.807, 2.05) is 0 Å². The highest BCUT2D eigenvalue weighted by molar-refractivity contribution is 5.85. The first-order chi connectivity index (χ1) is 9.73. The maximum atomic E-state index is 12.8. The molecule has 1 amide bonds. The lowest BCUT2D eigenvalue weighted by molar-refractivity contribution is -0.138. The van der Waals surface area contributed by atoms with Gasteiger partial charge >= 0.3 is 6.18 Å². The molecule has 1 unspecified atom stereocenters. The molecule has 116 valence electrons. The van der Waals surface area contributed by atoms with Crippen molar-refractivity contribution < 1.29 is 18.0 Å². The van der Waals surface area contributed by atoms with Gasteiger partial charge in [-0.1, -0.05) is 25.0 Å². The second kappa shape index (κ2) is 5.67. The van der Waals surface area contributed by atoms with Gasteiger partial charge in [0.2, 0.25) is 5.91 Å².